The molecule has 0 bridgehead atoms. The van der Waals surface area contributed by atoms with Crippen LogP contribution in [-0.2, 0) is 0 Å². The fraction of sp³-hybridized carbons (Fsp3) is 0.0435. The molecule has 0 spiro atoms. The summed E-state index contributed by atoms with van der Waals surface area (Å²) in [6.45, 7) is 0. The molecule has 0 heterocycles. The second-order valence-electron chi connectivity index (χ2n) is 5.64. The van der Waals surface area contributed by atoms with Gasteiger partial charge in [-0.25, -0.2) is 0 Å². The Morgan fingerprint density at radius 3 is 1.80 bits per heavy atom. The van der Waals surface area contributed by atoms with Gasteiger partial charge in [-0.1, -0.05) is 84.6 Å². The summed E-state index contributed by atoms with van der Waals surface area (Å²) in [5.41, 5.74) is 6.67. The van der Waals surface area contributed by atoms with E-state index in [1.807, 2.05) is 97.1 Å². The summed E-state index contributed by atoms with van der Waals surface area (Å²) in [4.78, 5) is 14.5. The summed E-state index contributed by atoms with van der Waals surface area (Å²) < 4.78 is 0. The lowest BCUT2D eigenvalue weighted by atomic mass is 10.1. The van der Waals surface area contributed by atoms with Gasteiger partial charge in [0.05, 0.1) is 5.70 Å². The molecule has 0 atom stereocenters. The average Bonchev–Trinajstić information content (AvgIpc) is 2.69. The van der Waals surface area contributed by atoms with Crippen molar-refractivity contribution in [2.45, 2.75) is 0 Å². The van der Waals surface area contributed by atoms with Crippen molar-refractivity contribution in [2.75, 3.05) is 7.05 Å². The summed E-state index contributed by atoms with van der Waals surface area (Å²) in [6.07, 6.45) is 1.90. The third-order valence-electron chi connectivity index (χ3n) is 3.88. The van der Waals surface area contributed by atoms with E-state index in [4.69, 9.17) is 0 Å². The van der Waals surface area contributed by atoms with Gasteiger partial charge in [0.1, 0.15) is 0 Å². The van der Waals surface area contributed by atoms with E-state index in [-0.39, 0.29) is 5.91 Å². The van der Waals surface area contributed by atoms with Gasteiger partial charge in [-0.15, -0.1) is 0 Å². The summed E-state index contributed by atoms with van der Waals surface area (Å²) in [5.74, 6) is -0.0617. The SMILES string of the molecule is CN(C(=O)c1ccccc1)C(=C=Cc1ccccc1)c1ccccc1. The lowest BCUT2D eigenvalue weighted by molar-refractivity contribution is 0.0861. The molecule has 25 heavy (non-hydrogen) atoms. The van der Waals surface area contributed by atoms with Gasteiger partial charge in [-0.2, -0.15) is 0 Å². The number of carbonyl (C=O) groups is 1. The minimum Gasteiger partial charge on any atom is -0.304 e. The van der Waals surface area contributed by atoms with Crippen molar-refractivity contribution in [1.82, 2.24) is 4.90 Å². The predicted octanol–water partition coefficient (Wildman–Crippen LogP) is 5.11. The molecule has 0 saturated heterocycles. The molecule has 1 amide bonds. The van der Waals surface area contributed by atoms with E-state index in [0.717, 1.165) is 16.8 Å². The highest BCUT2D eigenvalue weighted by Crippen LogP contribution is 2.19. The number of nitrogens with zero attached hydrogens (tertiary/aromatic N) is 1. The van der Waals surface area contributed by atoms with Crippen molar-refractivity contribution in [3.63, 3.8) is 0 Å². The van der Waals surface area contributed by atoms with Crippen LogP contribution in [0.25, 0.3) is 11.8 Å². The van der Waals surface area contributed by atoms with Crippen LogP contribution >= 0.6 is 0 Å². The molecule has 3 rings (SSSR count). The third kappa shape index (κ3) is 4.14. The molecule has 0 saturated carbocycles. The monoisotopic (exact) mass is 325 g/mol. The van der Waals surface area contributed by atoms with E-state index in [1.54, 1.807) is 11.9 Å². The Hall–Kier alpha value is -3.35. The first-order chi connectivity index (χ1) is 12.3. The highest BCUT2D eigenvalue weighted by Gasteiger charge is 2.16. The molecule has 0 radical (unpaired) electrons. The standard InChI is InChI=1S/C23H19NO/c1-24(23(25)21-15-9-4-10-16-21)22(20-13-7-3-8-14-20)18-17-19-11-5-2-6-12-19/h2-17H,1H3. The van der Waals surface area contributed by atoms with Crippen molar-refractivity contribution in [2.24, 2.45) is 0 Å². The van der Waals surface area contributed by atoms with E-state index in [2.05, 4.69) is 5.73 Å². The van der Waals surface area contributed by atoms with Crippen molar-refractivity contribution < 1.29 is 4.79 Å². The summed E-state index contributed by atoms with van der Waals surface area (Å²) >= 11 is 0. The quantitative estimate of drug-likeness (QED) is 0.610. The number of carbonyl (C=O) groups excluding carboxylic acids is 1. The van der Waals surface area contributed by atoms with Gasteiger partial charge in [-0.3, -0.25) is 4.79 Å². The molecule has 3 aromatic carbocycles. The zero-order valence-electron chi connectivity index (χ0n) is 14.1. The van der Waals surface area contributed by atoms with Crippen LogP contribution in [-0.4, -0.2) is 17.9 Å². The Kier molecular flexibility index (Phi) is 5.26. The average molecular weight is 325 g/mol. The molecular weight excluding hydrogens is 306 g/mol. The second kappa shape index (κ2) is 7.96. The van der Waals surface area contributed by atoms with Crippen LogP contribution < -0.4 is 0 Å². The lowest BCUT2D eigenvalue weighted by Gasteiger charge is -2.19. The fourth-order valence-corrected chi connectivity index (χ4v) is 2.55. The van der Waals surface area contributed by atoms with Crippen molar-refractivity contribution in [3.8, 4) is 0 Å². The first-order valence-corrected chi connectivity index (χ1v) is 8.16. The molecule has 122 valence electrons. The smallest absolute Gasteiger partial charge is 0.258 e. The Bertz CT molecular complexity index is 893. The Labute approximate surface area is 148 Å². The number of amides is 1. The van der Waals surface area contributed by atoms with Gasteiger partial charge in [0.2, 0.25) is 0 Å². The van der Waals surface area contributed by atoms with Crippen molar-refractivity contribution >= 4 is 17.7 Å². The Morgan fingerprint density at radius 2 is 1.24 bits per heavy atom. The van der Waals surface area contributed by atoms with Crippen LogP contribution in [0.15, 0.2) is 96.7 Å². The summed E-state index contributed by atoms with van der Waals surface area (Å²) in [6, 6.07) is 29.1. The van der Waals surface area contributed by atoms with E-state index < -0.39 is 0 Å². The summed E-state index contributed by atoms with van der Waals surface area (Å²) in [7, 11) is 1.78. The maximum absolute atomic E-state index is 12.8. The molecule has 3 aromatic rings. The number of benzene rings is 3. The molecule has 0 N–H and O–H groups in total. The maximum atomic E-state index is 12.8. The highest BCUT2D eigenvalue weighted by atomic mass is 16.2. The third-order valence-corrected chi connectivity index (χ3v) is 3.88. The van der Waals surface area contributed by atoms with E-state index in [9.17, 15) is 4.79 Å². The number of hydrogen-bond acceptors (Lipinski definition) is 1. The van der Waals surface area contributed by atoms with Crippen molar-refractivity contribution in [1.29, 1.82) is 0 Å². The van der Waals surface area contributed by atoms with Gasteiger partial charge in [0.15, 0.2) is 0 Å². The molecule has 0 aliphatic rings. The molecule has 0 aromatic heterocycles. The van der Waals surface area contributed by atoms with E-state index >= 15 is 0 Å². The van der Waals surface area contributed by atoms with Gasteiger partial charge in [-0.05, 0) is 23.8 Å². The molecule has 2 nitrogen and oxygen atoms in total. The van der Waals surface area contributed by atoms with Crippen LogP contribution in [0.4, 0.5) is 0 Å². The summed E-state index contributed by atoms with van der Waals surface area (Å²) in [5, 5.41) is 0. The van der Waals surface area contributed by atoms with E-state index in [0.29, 0.717) is 5.56 Å². The zero-order chi connectivity index (χ0) is 17.5. The minimum atomic E-state index is -0.0617. The molecule has 0 fully saturated rings. The molecule has 2 heteroatoms. The maximum Gasteiger partial charge on any atom is 0.258 e. The topological polar surface area (TPSA) is 20.3 Å². The van der Waals surface area contributed by atoms with Gasteiger partial charge < -0.3 is 4.90 Å². The minimum absolute atomic E-state index is 0.0617. The van der Waals surface area contributed by atoms with Crippen LogP contribution in [0, 0.1) is 0 Å². The van der Waals surface area contributed by atoms with E-state index in [1.165, 1.54) is 0 Å². The van der Waals surface area contributed by atoms with Gasteiger partial charge >= 0.3 is 0 Å². The Morgan fingerprint density at radius 1 is 0.760 bits per heavy atom. The first-order valence-electron chi connectivity index (χ1n) is 8.16. The molecule has 0 aliphatic heterocycles. The molecular formula is C23H19NO. The zero-order valence-corrected chi connectivity index (χ0v) is 14.1. The van der Waals surface area contributed by atoms with Crippen LogP contribution in [0.5, 0.6) is 0 Å². The van der Waals surface area contributed by atoms with Gasteiger partial charge in [0, 0.05) is 18.2 Å². The van der Waals surface area contributed by atoms with Crippen LogP contribution in [0.3, 0.4) is 0 Å². The predicted molar refractivity (Wildman–Crippen MR) is 103 cm³/mol. The second-order valence-corrected chi connectivity index (χ2v) is 5.64. The Balaban J connectivity index is 2.03. The van der Waals surface area contributed by atoms with Gasteiger partial charge in [0.25, 0.3) is 5.91 Å². The largest absolute Gasteiger partial charge is 0.304 e. The number of hydrogen-bond donors (Lipinski definition) is 0. The van der Waals surface area contributed by atoms with Crippen LogP contribution in [0.2, 0.25) is 0 Å². The molecule has 0 aliphatic carbocycles. The first kappa shape index (κ1) is 16.5. The lowest BCUT2D eigenvalue weighted by Crippen LogP contribution is -2.24. The molecule has 0 unspecified atom stereocenters. The fourth-order valence-electron chi connectivity index (χ4n) is 2.55. The number of rotatable bonds is 4. The highest BCUT2D eigenvalue weighted by molar-refractivity contribution is 5.99. The van der Waals surface area contributed by atoms with Crippen molar-refractivity contribution in [3.05, 3.63) is 113 Å². The van der Waals surface area contributed by atoms with Crippen LogP contribution in [0.1, 0.15) is 21.5 Å². The normalized spacial score (nSPS) is 9.80.